The zero-order chi connectivity index (χ0) is 15.1. The first-order valence-electron chi connectivity index (χ1n) is 6.82. The van der Waals surface area contributed by atoms with Gasteiger partial charge < -0.3 is 20.1 Å². The molecule has 2 N–H and O–H groups in total. The Balaban J connectivity index is 2.61. The van der Waals surface area contributed by atoms with Gasteiger partial charge in [-0.15, -0.1) is 0 Å². The Labute approximate surface area is 120 Å². The number of anilines is 1. The summed E-state index contributed by atoms with van der Waals surface area (Å²) in [6, 6.07) is 4.89. The van der Waals surface area contributed by atoms with Gasteiger partial charge >= 0.3 is 0 Å². The minimum Gasteiger partial charge on any atom is -0.391 e. The van der Waals surface area contributed by atoms with Crippen LogP contribution < -0.4 is 10.2 Å². The van der Waals surface area contributed by atoms with E-state index in [0.29, 0.717) is 19.6 Å². The molecule has 2 unspecified atom stereocenters. The highest BCUT2D eigenvalue weighted by molar-refractivity contribution is 5.54. The molecule has 0 bridgehead atoms. The van der Waals surface area contributed by atoms with Crippen molar-refractivity contribution >= 4 is 5.69 Å². The van der Waals surface area contributed by atoms with Crippen LogP contribution in [0.5, 0.6) is 0 Å². The molecular formula is C15H25FN2O2. The van der Waals surface area contributed by atoms with Crippen molar-refractivity contribution in [2.75, 3.05) is 39.3 Å². The molecule has 0 saturated heterocycles. The van der Waals surface area contributed by atoms with Crippen molar-refractivity contribution < 1.29 is 14.2 Å². The molecule has 5 heteroatoms. The van der Waals surface area contributed by atoms with Crippen LogP contribution in [0, 0.1) is 5.82 Å². The molecule has 0 heterocycles. The quantitative estimate of drug-likeness (QED) is 0.766. The van der Waals surface area contributed by atoms with E-state index in [0.717, 1.165) is 11.3 Å². The van der Waals surface area contributed by atoms with Crippen molar-refractivity contribution in [3.63, 3.8) is 0 Å². The lowest BCUT2D eigenvalue weighted by molar-refractivity contribution is 0.0590. The van der Waals surface area contributed by atoms with Gasteiger partial charge in [0.05, 0.1) is 12.7 Å². The van der Waals surface area contributed by atoms with E-state index in [9.17, 15) is 9.50 Å². The van der Waals surface area contributed by atoms with Gasteiger partial charge in [-0.2, -0.15) is 0 Å². The first-order valence-corrected chi connectivity index (χ1v) is 6.82. The SMILES string of the molecule is COCC(O)CCNC(C)c1ccc(F)cc1N(C)C. The average Bonchev–Trinajstić information content (AvgIpc) is 2.38. The third-order valence-corrected chi connectivity index (χ3v) is 3.23. The van der Waals surface area contributed by atoms with Gasteiger partial charge in [0.1, 0.15) is 5.82 Å². The van der Waals surface area contributed by atoms with Crippen LogP contribution in [0.4, 0.5) is 10.1 Å². The fourth-order valence-electron chi connectivity index (χ4n) is 2.12. The first-order chi connectivity index (χ1) is 9.45. The van der Waals surface area contributed by atoms with E-state index < -0.39 is 6.10 Å². The number of nitrogens with zero attached hydrogens (tertiary/aromatic N) is 1. The molecule has 0 aromatic heterocycles. The molecule has 20 heavy (non-hydrogen) atoms. The van der Waals surface area contributed by atoms with E-state index in [4.69, 9.17) is 4.74 Å². The van der Waals surface area contributed by atoms with Crippen molar-refractivity contribution in [2.45, 2.75) is 25.5 Å². The summed E-state index contributed by atoms with van der Waals surface area (Å²) in [5, 5.41) is 12.9. The van der Waals surface area contributed by atoms with Crippen molar-refractivity contribution in [3.8, 4) is 0 Å². The van der Waals surface area contributed by atoms with Gasteiger partial charge in [-0.1, -0.05) is 6.07 Å². The second-order valence-electron chi connectivity index (χ2n) is 5.17. The molecule has 0 aliphatic heterocycles. The summed E-state index contributed by atoms with van der Waals surface area (Å²) in [5.74, 6) is -0.236. The maximum atomic E-state index is 13.3. The third kappa shape index (κ3) is 5.07. The Bertz CT molecular complexity index is 413. The lowest BCUT2D eigenvalue weighted by Gasteiger charge is -2.23. The second-order valence-corrected chi connectivity index (χ2v) is 5.17. The number of ether oxygens (including phenoxy) is 1. The summed E-state index contributed by atoms with van der Waals surface area (Å²) >= 11 is 0. The van der Waals surface area contributed by atoms with E-state index in [1.807, 2.05) is 25.9 Å². The number of benzene rings is 1. The summed E-state index contributed by atoms with van der Waals surface area (Å²) in [6.45, 7) is 3.05. The summed E-state index contributed by atoms with van der Waals surface area (Å²) in [4.78, 5) is 1.90. The summed E-state index contributed by atoms with van der Waals surface area (Å²) in [5.41, 5.74) is 1.90. The summed E-state index contributed by atoms with van der Waals surface area (Å²) < 4.78 is 18.2. The minimum atomic E-state index is -0.457. The van der Waals surface area contributed by atoms with Crippen LogP contribution in [0.15, 0.2) is 18.2 Å². The number of aliphatic hydroxyl groups excluding tert-OH is 1. The number of halogens is 1. The summed E-state index contributed by atoms with van der Waals surface area (Å²) in [7, 11) is 5.36. The summed E-state index contributed by atoms with van der Waals surface area (Å²) in [6.07, 6.45) is 0.165. The van der Waals surface area contributed by atoms with Crippen LogP contribution in [0.2, 0.25) is 0 Å². The fraction of sp³-hybridized carbons (Fsp3) is 0.600. The minimum absolute atomic E-state index is 0.0859. The van der Waals surface area contributed by atoms with Gasteiger partial charge in [-0.25, -0.2) is 4.39 Å². The molecular weight excluding hydrogens is 259 g/mol. The molecule has 0 spiro atoms. The number of methoxy groups -OCH3 is 1. The van der Waals surface area contributed by atoms with Gasteiger partial charge in [0, 0.05) is 32.9 Å². The van der Waals surface area contributed by atoms with Crippen LogP contribution in [0.25, 0.3) is 0 Å². The Hall–Kier alpha value is -1.17. The molecule has 4 nitrogen and oxygen atoms in total. The van der Waals surface area contributed by atoms with Gasteiger partial charge in [0.15, 0.2) is 0 Å². The van der Waals surface area contributed by atoms with Gasteiger partial charge in [0.25, 0.3) is 0 Å². The Morgan fingerprint density at radius 1 is 1.40 bits per heavy atom. The second kappa shape index (κ2) is 8.19. The highest BCUT2D eigenvalue weighted by Crippen LogP contribution is 2.25. The fourth-order valence-corrected chi connectivity index (χ4v) is 2.12. The molecule has 1 aromatic rings. The number of nitrogens with one attached hydrogen (secondary N) is 1. The Kier molecular flexibility index (Phi) is 6.91. The van der Waals surface area contributed by atoms with Crippen LogP contribution in [0.3, 0.4) is 0 Å². The Morgan fingerprint density at radius 3 is 2.70 bits per heavy atom. The van der Waals surface area contributed by atoms with E-state index in [1.165, 1.54) is 12.1 Å². The van der Waals surface area contributed by atoms with Gasteiger partial charge in [0.2, 0.25) is 0 Å². The van der Waals surface area contributed by atoms with E-state index >= 15 is 0 Å². The topological polar surface area (TPSA) is 44.7 Å². The van der Waals surface area contributed by atoms with Crippen LogP contribution in [-0.4, -0.2) is 45.6 Å². The molecule has 0 aliphatic carbocycles. The maximum Gasteiger partial charge on any atom is 0.125 e. The van der Waals surface area contributed by atoms with Crippen LogP contribution >= 0.6 is 0 Å². The van der Waals surface area contributed by atoms with Crippen molar-refractivity contribution in [1.82, 2.24) is 5.32 Å². The predicted molar refractivity (Wildman–Crippen MR) is 79.6 cm³/mol. The monoisotopic (exact) mass is 284 g/mol. The molecule has 0 amide bonds. The maximum absolute atomic E-state index is 13.3. The van der Waals surface area contributed by atoms with Crippen LogP contribution in [-0.2, 0) is 4.74 Å². The van der Waals surface area contributed by atoms with E-state index in [-0.39, 0.29) is 11.9 Å². The third-order valence-electron chi connectivity index (χ3n) is 3.23. The highest BCUT2D eigenvalue weighted by atomic mass is 19.1. The highest BCUT2D eigenvalue weighted by Gasteiger charge is 2.13. The van der Waals surface area contributed by atoms with Crippen molar-refractivity contribution in [1.29, 1.82) is 0 Å². The number of rotatable bonds is 8. The zero-order valence-electron chi connectivity index (χ0n) is 12.7. The number of hydrogen-bond acceptors (Lipinski definition) is 4. The number of hydrogen-bond donors (Lipinski definition) is 2. The molecule has 0 fully saturated rings. The van der Waals surface area contributed by atoms with Crippen molar-refractivity contribution in [2.24, 2.45) is 0 Å². The van der Waals surface area contributed by atoms with E-state index in [2.05, 4.69) is 5.32 Å². The zero-order valence-corrected chi connectivity index (χ0v) is 12.7. The van der Waals surface area contributed by atoms with Gasteiger partial charge in [-0.3, -0.25) is 0 Å². The smallest absolute Gasteiger partial charge is 0.125 e. The number of aliphatic hydroxyl groups is 1. The average molecular weight is 284 g/mol. The molecule has 1 aromatic carbocycles. The molecule has 1 rings (SSSR count). The predicted octanol–water partition coefficient (Wildman–Crippen LogP) is 1.94. The molecule has 0 radical (unpaired) electrons. The Morgan fingerprint density at radius 2 is 2.10 bits per heavy atom. The lowest BCUT2D eigenvalue weighted by Crippen LogP contribution is -2.26. The van der Waals surface area contributed by atoms with Crippen molar-refractivity contribution in [3.05, 3.63) is 29.6 Å². The van der Waals surface area contributed by atoms with E-state index in [1.54, 1.807) is 13.2 Å². The molecule has 114 valence electrons. The molecule has 2 atom stereocenters. The van der Waals surface area contributed by atoms with Gasteiger partial charge in [-0.05, 0) is 37.6 Å². The largest absolute Gasteiger partial charge is 0.391 e. The first kappa shape index (κ1) is 16.9. The molecule has 0 aliphatic rings. The van der Waals surface area contributed by atoms with Crippen LogP contribution in [0.1, 0.15) is 24.9 Å². The normalized spacial score (nSPS) is 14.1. The lowest BCUT2D eigenvalue weighted by atomic mass is 10.0. The standard InChI is InChI=1S/C15H25FN2O2/c1-11(17-8-7-13(19)10-20-4)14-6-5-12(16)9-15(14)18(2)3/h5-6,9,11,13,17,19H,7-8,10H2,1-4H3. The molecule has 0 saturated carbocycles.